The maximum Gasteiger partial charge on any atom is 0.383 e. The van der Waals surface area contributed by atoms with Crippen LogP contribution in [0.15, 0.2) is 28.0 Å². The van der Waals surface area contributed by atoms with Gasteiger partial charge in [-0.3, -0.25) is 23.6 Å². The maximum absolute atomic E-state index is 13.1. The maximum atomic E-state index is 13.1. The molecule has 16 heteroatoms. The number of aromatic amines is 1. The lowest BCUT2D eigenvalue weighted by Crippen LogP contribution is -2.34. The molecule has 0 bridgehead atoms. The van der Waals surface area contributed by atoms with Crippen LogP contribution in [0, 0.1) is 28.6 Å². The molecule has 2 heterocycles. The summed E-state index contributed by atoms with van der Waals surface area (Å²) in [6.45, 7) is 4.46. The minimum Gasteiger partial charge on any atom is -0.382 e. The fraction of sp³-hybridized carbons (Fsp3) is 0.680. The number of hydrogen-bond acceptors (Lipinski definition) is 12. The molecule has 0 spiro atoms. The van der Waals surface area contributed by atoms with Crippen molar-refractivity contribution in [3.8, 4) is 12.1 Å². The van der Waals surface area contributed by atoms with E-state index >= 15 is 0 Å². The number of rotatable bonds is 22. The van der Waals surface area contributed by atoms with Gasteiger partial charge in [0.25, 0.3) is 5.56 Å². The molecule has 2 aromatic heterocycles. The Labute approximate surface area is 238 Å². The van der Waals surface area contributed by atoms with Gasteiger partial charge in [0.2, 0.25) is 0 Å². The van der Waals surface area contributed by atoms with E-state index in [0.29, 0.717) is 45.3 Å². The molecule has 0 amide bonds. The molecule has 0 aromatic carbocycles. The van der Waals surface area contributed by atoms with Crippen LogP contribution in [0.2, 0.25) is 0 Å². The van der Waals surface area contributed by atoms with Crippen LogP contribution in [0.5, 0.6) is 0 Å². The van der Waals surface area contributed by atoms with E-state index < -0.39 is 18.8 Å². The summed E-state index contributed by atoms with van der Waals surface area (Å²) in [5, 5.41) is 25.4. The van der Waals surface area contributed by atoms with Gasteiger partial charge >= 0.3 is 13.3 Å². The number of ether oxygens (including phenoxy) is 3. The standard InChI is InChI=1S/C25H38N7O8P/c1-21(5-12-32-20-24(29-30-32)41(35,39-13-3-9-26)40-14-4-10-27)7-15-37-16-8-22(38-18-17-36-2)19-31-11-6-23(33)28-25(31)34/h6,11,20-22H,3-5,7-8,12-19H2,1-2H3,(H,28,33,34)/t21-,22-/m0/s1. The Bertz CT molecular complexity index is 1260. The third-order valence-electron chi connectivity index (χ3n) is 5.89. The van der Waals surface area contributed by atoms with Crippen molar-refractivity contribution in [2.45, 2.75) is 58.2 Å². The zero-order valence-electron chi connectivity index (χ0n) is 23.5. The first-order chi connectivity index (χ1) is 19.8. The first kappa shape index (κ1) is 34.0. The zero-order valence-corrected chi connectivity index (χ0v) is 24.4. The number of aromatic nitrogens is 5. The molecule has 0 aliphatic carbocycles. The third kappa shape index (κ3) is 12.9. The average molecular weight is 596 g/mol. The zero-order chi connectivity index (χ0) is 29.9. The van der Waals surface area contributed by atoms with Crippen LogP contribution in [-0.2, 0) is 40.9 Å². The van der Waals surface area contributed by atoms with Crippen molar-refractivity contribution in [1.29, 1.82) is 10.5 Å². The quantitative estimate of drug-likeness (QED) is 0.152. The Kier molecular flexibility index (Phi) is 15.8. The van der Waals surface area contributed by atoms with Crippen molar-refractivity contribution in [1.82, 2.24) is 24.5 Å². The van der Waals surface area contributed by atoms with Gasteiger partial charge in [-0.1, -0.05) is 12.1 Å². The molecule has 226 valence electrons. The summed E-state index contributed by atoms with van der Waals surface area (Å²) in [6, 6.07) is 5.11. The second-order valence-electron chi connectivity index (χ2n) is 9.15. The van der Waals surface area contributed by atoms with E-state index in [0.717, 1.165) is 12.8 Å². The molecule has 41 heavy (non-hydrogen) atoms. The number of nitrogens with zero attached hydrogens (tertiary/aromatic N) is 6. The van der Waals surface area contributed by atoms with Crippen LogP contribution >= 0.6 is 7.60 Å². The highest BCUT2D eigenvalue weighted by atomic mass is 31.2. The van der Waals surface area contributed by atoms with Gasteiger partial charge in [-0.05, 0) is 25.2 Å². The minimum absolute atomic E-state index is 0.0376. The summed E-state index contributed by atoms with van der Waals surface area (Å²) in [6.07, 6.45) is 4.83. The highest BCUT2D eigenvalue weighted by molar-refractivity contribution is 7.61. The second-order valence-corrected chi connectivity index (χ2v) is 11.1. The Morgan fingerprint density at radius 1 is 1.02 bits per heavy atom. The summed E-state index contributed by atoms with van der Waals surface area (Å²) in [4.78, 5) is 25.6. The topological polar surface area (TPSA) is 196 Å². The van der Waals surface area contributed by atoms with E-state index in [1.807, 2.05) is 12.1 Å². The summed E-state index contributed by atoms with van der Waals surface area (Å²) >= 11 is 0. The van der Waals surface area contributed by atoms with Crippen molar-refractivity contribution in [3.63, 3.8) is 0 Å². The summed E-state index contributed by atoms with van der Waals surface area (Å²) in [5.41, 5.74) is -0.907. The molecule has 2 rings (SSSR count). The van der Waals surface area contributed by atoms with Gasteiger partial charge < -0.3 is 23.3 Å². The summed E-state index contributed by atoms with van der Waals surface area (Å²) in [7, 11) is -2.22. The van der Waals surface area contributed by atoms with Crippen molar-refractivity contribution >= 4 is 13.0 Å². The van der Waals surface area contributed by atoms with Gasteiger partial charge in [0.1, 0.15) is 0 Å². The molecular weight excluding hydrogens is 557 g/mol. The number of nitriles is 2. The fourth-order valence-corrected chi connectivity index (χ4v) is 4.97. The van der Waals surface area contributed by atoms with E-state index in [9.17, 15) is 14.2 Å². The van der Waals surface area contributed by atoms with Crippen molar-refractivity contribution in [3.05, 3.63) is 39.3 Å². The Hall–Kier alpha value is -3.17. The van der Waals surface area contributed by atoms with Crippen LogP contribution in [0.4, 0.5) is 0 Å². The minimum atomic E-state index is -3.80. The first-order valence-electron chi connectivity index (χ1n) is 13.3. The SMILES string of the molecule is COCCO[C@@H](CCOCC[C@@H](C)CCn1cc(P(=O)(OCCC#N)OCCC#N)nn1)Cn1ccc(=O)[nH]c1=O. The molecule has 0 radical (unpaired) electrons. The summed E-state index contributed by atoms with van der Waals surface area (Å²) < 4.78 is 43.4. The summed E-state index contributed by atoms with van der Waals surface area (Å²) in [5.74, 6) is 0.293. The van der Waals surface area contributed by atoms with Gasteiger partial charge in [0.05, 0.1) is 70.3 Å². The molecule has 0 saturated heterocycles. The smallest absolute Gasteiger partial charge is 0.382 e. The van der Waals surface area contributed by atoms with Gasteiger partial charge in [0.15, 0.2) is 5.44 Å². The number of H-pyrrole nitrogens is 1. The number of nitrogens with one attached hydrogen (secondary N) is 1. The third-order valence-corrected chi connectivity index (χ3v) is 7.70. The van der Waals surface area contributed by atoms with Crippen LogP contribution in [-0.4, -0.2) is 77.4 Å². The second kappa shape index (κ2) is 19.0. The highest BCUT2D eigenvalue weighted by Crippen LogP contribution is 2.46. The van der Waals surface area contributed by atoms with Crippen molar-refractivity contribution in [2.24, 2.45) is 5.92 Å². The first-order valence-corrected chi connectivity index (χ1v) is 14.9. The molecule has 15 nitrogen and oxygen atoms in total. The van der Waals surface area contributed by atoms with Gasteiger partial charge in [-0.25, -0.2) is 4.79 Å². The Morgan fingerprint density at radius 3 is 2.39 bits per heavy atom. The van der Waals surface area contributed by atoms with E-state index in [1.54, 1.807) is 11.8 Å². The predicted octanol–water partition coefficient (Wildman–Crippen LogP) is 1.36. The average Bonchev–Trinajstić information content (AvgIpc) is 3.43. The van der Waals surface area contributed by atoms with Crippen LogP contribution < -0.4 is 16.7 Å². The van der Waals surface area contributed by atoms with Crippen LogP contribution in [0.3, 0.4) is 0 Å². The van der Waals surface area contributed by atoms with Gasteiger partial charge in [-0.2, -0.15) is 10.5 Å². The molecule has 1 N–H and O–H groups in total. The monoisotopic (exact) mass is 595 g/mol. The molecule has 0 saturated carbocycles. The van der Waals surface area contributed by atoms with Crippen molar-refractivity contribution < 1.29 is 27.8 Å². The Balaban J connectivity index is 1.77. The lowest BCUT2D eigenvalue weighted by Gasteiger charge is -2.19. The molecule has 0 fully saturated rings. The largest absolute Gasteiger partial charge is 0.383 e. The Morgan fingerprint density at radius 2 is 1.73 bits per heavy atom. The van der Waals surface area contributed by atoms with E-state index in [1.165, 1.54) is 23.0 Å². The van der Waals surface area contributed by atoms with Gasteiger partial charge in [0, 0.05) is 39.1 Å². The number of methoxy groups -OCH3 is 1. The molecule has 2 aromatic rings. The number of aryl methyl sites for hydroxylation is 1. The molecule has 0 unspecified atom stereocenters. The van der Waals surface area contributed by atoms with E-state index in [2.05, 4.69) is 22.2 Å². The van der Waals surface area contributed by atoms with E-state index in [4.69, 9.17) is 33.8 Å². The molecule has 0 aliphatic rings. The van der Waals surface area contributed by atoms with E-state index in [-0.39, 0.29) is 44.1 Å². The normalized spacial score (nSPS) is 13.0. The molecule has 2 atom stereocenters. The van der Waals surface area contributed by atoms with Crippen molar-refractivity contribution in [2.75, 3.05) is 46.8 Å². The fourth-order valence-electron chi connectivity index (χ4n) is 3.55. The van der Waals surface area contributed by atoms with Crippen LogP contribution in [0.1, 0.15) is 39.0 Å². The van der Waals surface area contributed by atoms with Gasteiger partial charge in [-0.15, -0.1) is 5.10 Å². The van der Waals surface area contributed by atoms with Crippen LogP contribution in [0.25, 0.3) is 0 Å². The molecule has 0 aliphatic heterocycles. The molecular formula is C25H38N7O8P. The number of hydrogen-bond donors (Lipinski definition) is 1. The predicted molar refractivity (Wildman–Crippen MR) is 146 cm³/mol. The lowest BCUT2D eigenvalue weighted by atomic mass is 10.1. The lowest BCUT2D eigenvalue weighted by molar-refractivity contribution is -0.0117. The highest BCUT2D eigenvalue weighted by Gasteiger charge is 2.31.